The van der Waals surface area contributed by atoms with E-state index in [2.05, 4.69) is 28.3 Å². The molecule has 0 aliphatic heterocycles. The lowest BCUT2D eigenvalue weighted by Crippen LogP contribution is -2.22. The number of carbonyl (C=O) groups is 1. The zero-order valence-corrected chi connectivity index (χ0v) is 17.7. The second-order valence-corrected chi connectivity index (χ2v) is 7.98. The summed E-state index contributed by atoms with van der Waals surface area (Å²) in [4.78, 5) is 22.1. The Morgan fingerprint density at radius 2 is 1.97 bits per heavy atom. The fourth-order valence-electron chi connectivity index (χ4n) is 3.41. The second-order valence-electron chi connectivity index (χ2n) is 6.98. The zero-order valence-electron chi connectivity index (χ0n) is 16.8. The first-order valence-electron chi connectivity index (χ1n) is 9.71. The summed E-state index contributed by atoms with van der Waals surface area (Å²) < 4.78 is 0. The van der Waals surface area contributed by atoms with Crippen molar-refractivity contribution in [3.05, 3.63) is 70.4 Å². The van der Waals surface area contributed by atoms with Gasteiger partial charge in [0.05, 0.1) is 5.69 Å². The van der Waals surface area contributed by atoms with Gasteiger partial charge >= 0.3 is 0 Å². The third-order valence-corrected chi connectivity index (χ3v) is 6.15. The van der Waals surface area contributed by atoms with Gasteiger partial charge in [-0.2, -0.15) is 5.26 Å². The molecule has 1 aromatic carbocycles. The molecule has 0 aliphatic carbocycles. The smallest absolute Gasteiger partial charge is 0.263 e. The molecule has 0 bridgehead atoms. The van der Waals surface area contributed by atoms with Crippen molar-refractivity contribution in [3.63, 3.8) is 0 Å². The van der Waals surface area contributed by atoms with Gasteiger partial charge in [0, 0.05) is 29.9 Å². The molecule has 4 aromatic rings. The highest BCUT2D eigenvalue weighted by atomic mass is 32.1. The number of rotatable bonds is 5. The molecule has 0 fully saturated rings. The number of aromatic nitrogens is 2. The first kappa shape index (κ1) is 20.3. The third kappa shape index (κ3) is 3.79. The molecule has 154 valence electrons. The first-order chi connectivity index (χ1) is 15.0. The Balaban J connectivity index is 1.81. The Morgan fingerprint density at radius 3 is 2.61 bits per heavy atom. The van der Waals surface area contributed by atoms with E-state index in [-0.39, 0.29) is 17.3 Å². The Bertz CT molecular complexity index is 1310. The van der Waals surface area contributed by atoms with Crippen molar-refractivity contribution < 1.29 is 4.79 Å². The Kier molecular flexibility index (Phi) is 5.52. The topological polar surface area (TPSA) is 131 Å². The molecule has 0 spiro atoms. The molecule has 0 radical (unpaired) electrons. The van der Waals surface area contributed by atoms with Crippen LogP contribution in [0.25, 0.3) is 21.3 Å². The van der Waals surface area contributed by atoms with Gasteiger partial charge in [0.15, 0.2) is 0 Å². The lowest BCUT2D eigenvalue weighted by atomic mass is 9.96. The van der Waals surface area contributed by atoms with Crippen LogP contribution in [-0.4, -0.2) is 15.9 Å². The molecule has 0 atom stereocenters. The SMILES string of the molecule is CCc1ccc(-c2c(C#N)c(N)nc3sc(C(=O)NCc4cccnc4)c(N)c23)cc1. The Labute approximate surface area is 183 Å². The number of nitriles is 1. The summed E-state index contributed by atoms with van der Waals surface area (Å²) in [6.07, 6.45) is 4.27. The van der Waals surface area contributed by atoms with Gasteiger partial charge in [0.2, 0.25) is 0 Å². The molecule has 3 heterocycles. The summed E-state index contributed by atoms with van der Waals surface area (Å²) in [5, 5.41) is 13.2. The lowest BCUT2D eigenvalue weighted by molar-refractivity contribution is 0.0956. The number of nitrogens with zero attached hydrogens (tertiary/aromatic N) is 3. The fourth-order valence-corrected chi connectivity index (χ4v) is 4.44. The predicted molar refractivity (Wildman–Crippen MR) is 123 cm³/mol. The average Bonchev–Trinajstić information content (AvgIpc) is 3.13. The predicted octanol–water partition coefficient (Wildman–Crippen LogP) is 3.89. The number of amides is 1. The summed E-state index contributed by atoms with van der Waals surface area (Å²) in [7, 11) is 0. The summed E-state index contributed by atoms with van der Waals surface area (Å²) in [6.45, 7) is 2.40. The number of aryl methyl sites for hydroxylation is 1. The van der Waals surface area contributed by atoms with E-state index in [0.717, 1.165) is 28.9 Å². The van der Waals surface area contributed by atoms with Crippen molar-refractivity contribution in [3.8, 4) is 17.2 Å². The summed E-state index contributed by atoms with van der Waals surface area (Å²) >= 11 is 1.16. The van der Waals surface area contributed by atoms with Gasteiger partial charge in [-0.15, -0.1) is 11.3 Å². The monoisotopic (exact) mass is 428 g/mol. The second kappa shape index (κ2) is 8.42. The first-order valence-corrected chi connectivity index (χ1v) is 10.5. The molecule has 0 saturated heterocycles. The minimum Gasteiger partial charge on any atom is -0.397 e. The van der Waals surface area contributed by atoms with Crippen molar-refractivity contribution in [1.82, 2.24) is 15.3 Å². The molecule has 7 nitrogen and oxygen atoms in total. The number of nitrogens with one attached hydrogen (secondary N) is 1. The van der Waals surface area contributed by atoms with Gasteiger partial charge in [0.1, 0.15) is 27.2 Å². The molecule has 3 aromatic heterocycles. The number of hydrogen-bond acceptors (Lipinski definition) is 7. The molecular weight excluding hydrogens is 408 g/mol. The summed E-state index contributed by atoms with van der Waals surface area (Å²) in [6, 6.07) is 13.7. The average molecular weight is 429 g/mol. The largest absolute Gasteiger partial charge is 0.397 e. The fraction of sp³-hybridized carbons (Fsp3) is 0.130. The number of thiophene rings is 1. The van der Waals surface area contributed by atoms with E-state index in [1.54, 1.807) is 12.4 Å². The Morgan fingerprint density at radius 1 is 1.19 bits per heavy atom. The van der Waals surface area contributed by atoms with Gasteiger partial charge in [0.25, 0.3) is 5.91 Å². The normalized spacial score (nSPS) is 10.7. The van der Waals surface area contributed by atoms with Crippen LogP contribution in [0.2, 0.25) is 0 Å². The molecule has 5 N–H and O–H groups in total. The van der Waals surface area contributed by atoms with Crippen LogP contribution in [0.4, 0.5) is 11.5 Å². The number of carbonyl (C=O) groups excluding carboxylic acids is 1. The van der Waals surface area contributed by atoms with Crippen LogP contribution in [0.3, 0.4) is 0 Å². The molecule has 0 aliphatic rings. The van der Waals surface area contributed by atoms with E-state index >= 15 is 0 Å². The van der Waals surface area contributed by atoms with E-state index in [4.69, 9.17) is 11.5 Å². The number of benzene rings is 1. The van der Waals surface area contributed by atoms with Crippen molar-refractivity contribution >= 4 is 39.0 Å². The van der Waals surface area contributed by atoms with Crippen molar-refractivity contribution in [2.24, 2.45) is 0 Å². The maximum Gasteiger partial charge on any atom is 0.263 e. The number of pyridine rings is 2. The standard InChI is InChI=1S/C23H20N6OS/c1-2-13-5-7-15(8-6-13)17-16(10-24)21(26)29-23-18(17)19(25)20(31-23)22(30)28-12-14-4-3-9-27-11-14/h3-9,11H,2,12,25H2,1H3,(H2,26,29)(H,28,30). The maximum atomic E-state index is 12.9. The number of nitrogen functional groups attached to an aromatic ring is 2. The van der Waals surface area contributed by atoms with Crippen LogP contribution in [-0.2, 0) is 13.0 Å². The van der Waals surface area contributed by atoms with Crippen molar-refractivity contribution in [2.75, 3.05) is 11.5 Å². The Hall–Kier alpha value is -3.96. The van der Waals surface area contributed by atoms with Gasteiger partial charge in [-0.3, -0.25) is 9.78 Å². The lowest BCUT2D eigenvalue weighted by Gasteiger charge is -2.10. The molecule has 1 amide bonds. The van der Waals surface area contributed by atoms with Crippen LogP contribution in [0.1, 0.15) is 33.3 Å². The minimum atomic E-state index is -0.311. The van der Waals surface area contributed by atoms with E-state index in [0.29, 0.717) is 32.9 Å². The highest BCUT2D eigenvalue weighted by molar-refractivity contribution is 7.21. The van der Waals surface area contributed by atoms with Crippen molar-refractivity contribution in [1.29, 1.82) is 5.26 Å². The number of nitrogens with two attached hydrogens (primary N) is 2. The van der Waals surface area contributed by atoms with Crippen LogP contribution >= 0.6 is 11.3 Å². The molecule has 0 saturated carbocycles. The summed E-state index contributed by atoms with van der Waals surface area (Å²) in [5.74, 6) is -0.193. The van der Waals surface area contributed by atoms with Crippen LogP contribution in [0.15, 0.2) is 48.8 Å². The quantitative estimate of drug-likeness (QED) is 0.442. The highest BCUT2D eigenvalue weighted by Crippen LogP contribution is 2.42. The maximum absolute atomic E-state index is 12.9. The van der Waals surface area contributed by atoms with Gasteiger partial charge < -0.3 is 16.8 Å². The van der Waals surface area contributed by atoms with E-state index < -0.39 is 0 Å². The molecule has 0 unspecified atom stereocenters. The minimum absolute atomic E-state index is 0.119. The van der Waals surface area contributed by atoms with E-state index in [1.807, 2.05) is 36.4 Å². The molecule has 4 rings (SSSR count). The third-order valence-electron chi connectivity index (χ3n) is 5.05. The van der Waals surface area contributed by atoms with Gasteiger partial charge in [-0.1, -0.05) is 37.3 Å². The van der Waals surface area contributed by atoms with Crippen molar-refractivity contribution in [2.45, 2.75) is 19.9 Å². The molecule has 31 heavy (non-hydrogen) atoms. The number of hydrogen-bond donors (Lipinski definition) is 3. The number of fused-ring (bicyclic) bond motifs is 1. The zero-order chi connectivity index (χ0) is 22.0. The number of anilines is 2. The van der Waals surface area contributed by atoms with E-state index in [1.165, 1.54) is 5.56 Å². The van der Waals surface area contributed by atoms with Crippen LogP contribution in [0.5, 0.6) is 0 Å². The summed E-state index contributed by atoms with van der Waals surface area (Å²) in [5.41, 5.74) is 16.5. The van der Waals surface area contributed by atoms with Gasteiger partial charge in [-0.25, -0.2) is 4.98 Å². The van der Waals surface area contributed by atoms with Crippen LogP contribution in [0, 0.1) is 11.3 Å². The van der Waals surface area contributed by atoms with Gasteiger partial charge in [-0.05, 0) is 29.2 Å². The highest BCUT2D eigenvalue weighted by Gasteiger charge is 2.24. The van der Waals surface area contributed by atoms with E-state index in [9.17, 15) is 10.1 Å². The molecular formula is C23H20N6OS. The van der Waals surface area contributed by atoms with Crippen LogP contribution < -0.4 is 16.8 Å². The molecule has 8 heteroatoms.